The Morgan fingerprint density at radius 1 is 1.32 bits per heavy atom. The van der Waals surface area contributed by atoms with Gasteiger partial charge < -0.3 is 4.90 Å². The predicted octanol–water partition coefficient (Wildman–Crippen LogP) is 2.94. The summed E-state index contributed by atoms with van der Waals surface area (Å²) in [5, 5.41) is 0. The molecular formula is C18H26F3N3O3S. The van der Waals surface area contributed by atoms with Crippen LogP contribution in [0, 0.1) is 0 Å². The van der Waals surface area contributed by atoms with Crippen LogP contribution < -0.4 is 4.72 Å². The third kappa shape index (κ3) is 5.92. The molecule has 1 saturated heterocycles. The molecule has 0 spiro atoms. The van der Waals surface area contributed by atoms with Gasteiger partial charge >= 0.3 is 6.18 Å². The predicted molar refractivity (Wildman–Crippen MR) is 99.6 cm³/mol. The van der Waals surface area contributed by atoms with E-state index >= 15 is 0 Å². The quantitative estimate of drug-likeness (QED) is 0.667. The van der Waals surface area contributed by atoms with Crippen molar-refractivity contribution in [1.82, 2.24) is 13.9 Å². The van der Waals surface area contributed by atoms with Crippen molar-refractivity contribution in [3.63, 3.8) is 0 Å². The molecule has 1 aliphatic heterocycles. The fourth-order valence-corrected chi connectivity index (χ4v) is 4.15. The van der Waals surface area contributed by atoms with Crippen LogP contribution in [-0.2, 0) is 21.2 Å². The maximum atomic E-state index is 13.1. The maximum absolute atomic E-state index is 13.1. The van der Waals surface area contributed by atoms with Crippen molar-refractivity contribution in [2.75, 3.05) is 26.7 Å². The zero-order chi connectivity index (χ0) is 20.9. The molecule has 1 N–H and O–H groups in total. The second-order valence-corrected chi connectivity index (χ2v) is 8.73. The molecule has 0 bridgehead atoms. The summed E-state index contributed by atoms with van der Waals surface area (Å²) in [6.45, 7) is 2.67. The van der Waals surface area contributed by atoms with E-state index in [1.54, 1.807) is 0 Å². The summed E-state index contributed by atoms with van der Waals surface area (Å²) in [6, 6.07) is 3.57. The van der Waals surface area contributed by atoms with Gasteiger partial charge in [-0.05, 0) is 30.5 Å². The van der Waals surface area contributed by atoms with Gasteiger partial charge in [-0.25, -0.2) is 0 Å². The fourth-order valence-electron chi connectivity index (χ4n) is 3.03. The topological polar surface area (TPSA) is 69.7 Å². The van der Waals surface area contributed by atoms with E-state index in [-0.39, 0.29) is 18.0 Å². The number of alkyl halides is 3. The molecule has 1 unspecified atom stereocenters. The average molecular weight is 421 g/mol. The number of carbonyl (C=O) groups excluding carboxylic acids is 1. The Morgan fingerprint density at radius 3 is 2.61 bits per heavy atom. The minimum Gasteiger partial charge on any atom is -0.341 e. The fraction of sp³-hybridized carbons (Fsp3) is 0.611. The van der Waals surface area contributed by atoms with Gasteiger partial charge in [0.05, 0.1) is 11.6 Å². The number of hydrogen-bond donors (Lipinski definition) is 1. The lowest BCUT2D eigenvalue weighted by Gasteiger charge is -2.27. The lowest BCUT2D eigenvalue weighted by atomic mass is 10.0. The first-order valence-corrected chi connectivity index (χ1v) is 10.7. The number of benzene rings is 1. The first-order chi connectivity index (χ1) is 13.0. The van der Waals surface area contributed by atoms with E-state index in [9.17, 15) is 26.4 Å². The van der Waals surface area contributed by atoms with Crippen molar-refractivity contribution in [2.24, 2.45) is 0 Å². The van der Waals surface area contributed by atoms with Crippen LogP contribution in [0.25, 0.3) is 0 Å². The molecule has 158 valence electrons. The summed E-state index contributed by atoms with van der Waals surface area (Å²) < 4.78 is 68.2. The third-order valence-corrected chi connectivity index (χ3v) is 6.30. The van der Waals surface area contributed by atoms with E-state index in [1.165, 1.54) is 24.1 Å². The van der Waals surface area contributed by atoms with Crippen LogP contribution in [-0.4, -0.2) is 50.2 Å². The molecule has 1 aliphatic rings. The van der Waals surface area contributed by atoms with Gasteiger partial charge in [-0.3, -0.25) is 4.79 Å². The summed E-state index contributed by atoms with van der Waals surface area (Å²) in [6.07, 6.45) is -2.06. The molecule has 1 aromatic carbocycles. The number of amides is 1. The lowest BCUT2D eigenvalue weighted by molar-refractivity contribution is -0.137. The van der Waals surface area contributed by atoms with Gasteiger partial charge in [0.15, 0.2) is 0 Å². The van der Waals surface area contributed by atoms with Crippen LogP contribution in [0.2, 0.25) is 0 Å². The van der Waals surface area contributed by atoms with Gasteiger partial charge in [0.25, 0.3) is 10.2 Å². The highest BCUT2D eigenvalue weighted by molar-refractivity contribution is 7.87. The highest BCUT2D eigenvalue weighted by atomic mass is 32.2. The molecule has 1 aromatic rings. The monoisotopic (exact) mass is 421 g/mol. The molecule has 1 amide bonds. The molecule has 1 heterocycles. The summed E-state index contributed by atoms with van der Waals surface area (Å²) in [5.74, 6) is -0.129. The molecule has 0 radical (unpaired) electrons. The standard InChI is InChI=1S/C18H26F3N3O3S/c1-3-4-10-23(2)28(26,27)22-16(13-24-11-6-9-17(24)25)14-7-5-8-15(12-14)18(19,20)21/h5,7-8,12,16,22H,3-4,6,9-11,13H2,1-2H3. The number of hydrogen-bond acceptors (Lipinski definition) is 3. The highest BCUT2D eigenvalue weighted by Gasteiger charge is 2.33. The van der Waals surface area contributed by atoms with Gasteiger partial charge in [-0.2, -0.15) is 30.6 Å². The van der Waals surface area contributed by atoms with Gasteiger partial charge in [-0.1, -0.05) is 25.5 Å². The van der Waals surface area contributed by atoms with E-state index in [0.29, 0.717) is 32.4 Å². The number of halogens is 3. The smallest absolute Gasteiger partial charge is 0.341 e. The van der Waals surface area contributed by atoms with Crippen molar-refractivity contribution in [3.05, 3.63) is 35.4 Å². The largest absolute Gasteiger partial charge is 0.416 e. The molecular weight excluding hydrogens is 395 g/mol. The Labute approximate surface area is 163 Å². The SMILES string of the molecule is CCCCN(C)S(=O)(=O)NC(CN1CCCC1=O)c1cccc(C(F)(F)F)c1. The van der Waals surface area contributed by atoms with E-state index in [0.717, 1.165) is 22.9 Å². The second kappa shape index (κ2) is 9.23. The van der Waals surface area contributed by atoms with Crippen molar-refractivity contribution in [1.29, 1.82) is 0 Å². The van der Waals surface area contributed by atoms with Crippen molar-refractivity contribution >= 4 is 16.1 Å². The van der Waals surface area contributed by atoms with Crippen LogP contribution in [0.4, 0.5) is 13.2 Å². The van der Waals surface area contributed by atoms with Gasteiger partial charge in [0.2, 0.25) is 5.91 Å². The van der Waals surface area contributed by atoms with Crippen molar-refractivity contribution < 1.29 is 26.4 Å². The van der Waals surface area contributed by atoms with E-state index in [1.807, 2.05) is 6.92 Å². The lowest BCUT2D eigenvalue weighted by Crippen LogP contribution is -2.44. The van der Waals surface area contributed by atoms with Crippen molar-refractivity contribution in [3.8, 4) is 0 Å². The molecule has 1 atom stereocenters. The molecule has 10 heteroatoms. The average Bonchev–Trinajstić information content (AvgIpc) is 3.03. The zero-order valence-electron chi connectivity index (χ0n) is 16.0. The number of nitrogens with one attached hydrogen (secondary N) is 1. The summed E-state index contributed by atoms with van der Waals surface area (Å²) in [7, 11) is -2.50. The summed E-state index contributed by atoms with van der Waals surface area (Å²) in [5.41, 5.74) is -0.691. The molecule has 28 heavy (non-hydrogen) atoms. The van der Waals surface area contributed by atoms with Crippen LogP contribution in [0.1, 0.15) is 49.8 Å². The third-order valence-electron chi connectivity index (χ3n) is 4.72. The van der Waals surface area contributed by atoms with E-state index < -0.39 is 28.0 Å². The molecule has 0 aliphatic carbocycles. The number of nitrogens with zero attached hydrogens (tertiary/aromatic N) is 2. The van der Waals surface area contributed by atoms with Gasteiger partial charge in [-0.15, -0.1) is 0 Å². The van der Waals surface area contributed by atoms with Crippen LogP contribution in [0.15, 0.2) is 24.3 Å². The first-order valence-electron chi connectivity index (χ1n) is 9.23. The number of rotatable bonds is 9. The van der Waals surface area contributed by atoms with Crippen molar-refractivity contribution in [2.45, 2.75) is 44.8 Å². The molecule has 2 rings (SSSR count). The van der Waals surface area contributed by atoms with E-state index in [2.05, 4.69) is 4.72 Å². The summed E-state index contributed by atoms with van der Waals surface area (Å²) >= 11 is 0. The minimum absolute atomic E-state index is 0.0129. The highest BCUT2D eigenvalue weighted by Crippen LogP contribution is 2.31. The van der Waals surface area contributed by atoms with Gasteiger partial charge in [0, 0.05) is 33.1 Å². The van der Waals surface area contributed by atoms with E-state index in [4.69, 9.17) is 0 Å². The Hall–Kier alpha value is -1.65. The van der Waals surface area contributed by atoms with Gasteiger partial charge in [0.1, 0.15) is 0 Å². The molecule has 0 aromatic heterocycles. The molecule has 6 nitrogen and oxygen atoms in total. The zero-order valence-corrected chi connectivity index (χ0v) is 16.8. The minimum atomic E-state index is -4.54. The molecule has 1 fully saturated rings. The van der Waals surface area contributed by atoms with Crippen LogP contribution in [0.3, 0.4) is 0 Å². The summed E-state index contributed by atoms with van der Waals surface area (Å²) in [4.78, 5) is 13.5. The maximum Gasteiger partial charge on any atom is 0.416 e. The first kappa shape index (κ1) is 22.6. The Balaban J connectivity index is 2.31. The Bertz CT molecular complexity index is 784. The number of unbranched alkanes of at least 4 members (excludes halogenated alkanes) is 1. The molecule has 0 saturated carbocycles. The second-order valence-electron chi connectivity index (χ2n) is 6.92. The van der Waals surface area contributed by atoms with Crippen LogP contribution in [0.5, 0.6) is 0 Å². The van der Waals surface area contributed by atoms with Crippen LogP contribution >= 0.6 is 0 Å². The Kier molecular flexibility index (Phi) is 7.46. The Morgan fingerprint density at radius 2 is 2.04 bits per heavy atom. The number of likely N-dealkylation sites (tertiary alicyclic amines) is 1. The normalized spacial score (nSPS) is 16.8. The number of carbonyl (C=O) groups is 1.